The topological polar surface area (TPSA) is 92.6 Å². The number of carbonyl (C=O) groups excluding carboxylic acids is 1. The van der Waals surface area contributed by atoms with Crippen LogP contribution in [0.15, 0.2) is 5.38 Å². The molecule has 1 aromatic rings. The van der Waals surface area contributed by atoms with Crippen molar-refractivity contribution in [2.75, 3.05) is 19.7 Å². The normalized spacial score (nSPS) is 20.2. The predicted molar refractivity (Wildman–Crippen MR) is 57.8 cm³/mol. The van der Waals surface area contributed by atoms with Crippen molar-refractivity contribution >= 4 is 23.4 Å². The van der Waals surface area contributed by atoms with Crippen LogP contribution in [-0.2, 0) is 9.53 Å². The molecule has 1 aliphatic rings. The molecule has 92 valence electrons. The van der Waals surface area contributed by atoms with E-state index in [4.69, 9.17) is 9.84 Å². The van der Waals surface area contributed by atoms with E-state index in [1.54, 1.807) is 10.3 Å². The Balaban J connectivity index is 1.97. The minimum atomic E-state index is -0.931. The molecule has 0 aromatic carbocycles. The minimum Gasteiger partial charge on any atom is -0.481 e. The first kappa shape index (κ1) is 11.9. The van der Waals surface area contributed by atoms with E-state index in [-0.39, 0.29) is 18.9 Å². The van der Waals surface area contributed by atoms with Gasteiger partial charge in [-0.1, -0.05) is 4.49 Å². The highest BCUT2D eigenvalue weighted by molar-refractivity contribution is 7.03. The number of carboxylic acids is 1. The molecule has 8 heteroatoms. The fourth-order valence-electron chi connectivity index (χ4n) is 1.64. The minimum absolute atomic E-state index is 0.0981. The van der Waals surface area contributed by atoms with Crippen LogP contribution in [0.1, 0.15) is 16.9 Å². The smallest absolute Gasteiger partial charge is 0.306 e. The lowest BCUT2D eigenvalue weighted by atomic mass is 10.2. The van der Waals surface area contributed by atoms with Crippen molar-refractivity contribution in [2.45, 2.75) is 12.5 Å². The van der Waals surface area contributed by atoms with Crippen molar-refractivity contribution in [3.8, 4) is 0 Å². The number of hydrogen-bond donors (Lipinski definition) is 1. The van der Waals surface area contributed by atoms with Crippen molar-refractivity contribution in [3.63, 3.8) is 0 Å². The lowest BCUT2D eigenvalue weighted by Gasteiger charge is -2.31. The average molecular weight is 257 g/mol. The van der Waals surface area contributed by atoms with Gasteiger partial charge < -0.3 is 14.7 Å². The molecule has 1 amide bonds. The monoisotopic (exact) mass is 257 g/mol. The van der Waals surface area contributed by atoms with Crippen LogP contribution in [0.2, 0.25) is 0 Å². The molecule has 7 nitrogen and oxygen atoms in total. The molecule has 0 radical (unpaired) electrons. The Bertz CT molecular complexity index is 408. The Morgan fingerprint density at radius 2 is 2.47 bits per heavy atom. The van der Waals surface area contributed by atoms with Gasteiger partial charge in [0.25, 0.3) is 5.91 Å². The van der Waals surface area contributed by atoms with Crippen LogP contribution in [0.4, 0.5) is 0 Å². The summed E-state index contributed by atoms with van der Waals surface area (Å²) in [7, 11) is 0. The summed E-state index contributed by atoms with van der Waals surface area (Å²) in [5, 5.41) is 13.9. The third kappa shape index (κ3) is 2.98. The molecule has 1 aromatic heterocycles. The van der Waals surface area contributed by atoms with Crippen molar-refractivity contribution in [1.29, 1.82) is 0 Å². The SMILES string of the molecule is O=C(O)CC1CN(C(=O)c2csnn2)CCO1. The number of amides is 1. The summed E-state index contributed by atoms with van der Waals surface area (Å²) >= 11 is 1.11. The zero-order chi connectivity index (χ0) is 12.3. The molecule has 2 heterocycles. The van der Waals surface area contributed by atoms with Crippen molar-refractivity contribution in [1.82, 2.24) is 14.5 Å². The van der Waals surface area contributed by atoms with E-state index >= 15 is 0 Å². The van der Waals surface area contributed by atoms with Gasteiger partial charge in [-0.25, -0.2) is 0 Å². The Hall–Kier alpha value is -1.54. The molecule has 0 aliphatic carbocycles. The van der Waals surface area contributed by atoms with Crippen LogP contribution in [0.25, 0.3) is 0 Å². The lowest BCUT2D eigenvalue weighted by Crippen LogP contribution is -2.46. The van der Waals surface area contributed by atoms with Gasteiger partial charge in [0.15, 0.2) is 5.69 Å². The van der Waals surface area contributed by atoms with Crippen LogP contribution < -0.4 is 0 Å². The van der Waals surface area contributed by atoms with E-state index < -0.39 is 12.1 Å². The van der Waals surface area contributed by atoms with Crippen LogP contribution >= 0.6 is 11.5 Å². The fraction of sp³-hybridized carbons (Fsp3) is 0.556. The summed E-state index contributed by atoms with van der Waals surface area (Å²) in [6.07, 6.45) is -0.546. The Kier molecular flexibility index (Phi) is 3.64. The van der Waals surface area contributed by atoms with E-state index in [0.717, 1.165) is 11.5 Å². The fourth-order valence-corrected chi connectivity index (χ4v) is 2.07. The standard InChI is InChI=1S/C9H11N3O4S/c13-8(14)3-6-4-12(1-2-16-6)9(15)7-5-17-11-10-7/h5-6H,1-4H2,(H,13,14). The van der Waals surface area contributed by atoms with Crippen LogP contribution in [-0.4, -0.2) is 57.3 Å². The molecule has 1 unspecified atom stereocenters. The summed E-state index contributed by atoms with van der Waals surface area (Å²) in [6, 6.07) is 0. The van der Waals surface area contributed by atoms with E-state index in [9.17, 15) is 9.59 Å². The summed E-state index contributed by atoms with van der Waals surface area (Å²) in [5.41, 5.74) is 0.297. The number of carboxylic acid groups (broad SMARTS) is 1. The molecule has 1 saturated heterocycles. The number of ether oxygens (including phenoxy) is 1. The first-order chi connectivity index (χ1) is 8.16. The summed E-state index contributed by atoms with van der Waals surface area (Å²) < 4.78 is 8.90. The van der Waals surface area contributed by atoms with Gasteiger partial charge in [0.1, 0.15) is 0 Å². The second kappa shape index (κ2) is 5.19. The van der Waals surface area contributed by atoms with Gasteiger partial charge in [0.2, 0.25) is 0 Å². The third-order valence-corrected chi connectivity index (χ3v) is 2.91. The van der Waals surface area contributed by atoms with Gasteiger partial charge in [-0.3, -0.25) is 9.59 Å². The zero-order valence-corrected chi connectivity index (χ0v) is 9.72. The van der Waals surface area contributed by atoms with Gasteiger partial charge >= 0.3 is 5.97 Å². The van der Waals surface area contributed by atoms with Gasteiger partial charge in [-0.15, -0.1) is 5.10 Å². The molecule has 0 saturated carbocycles. The summed E-state index contributed by atoms with van der Waals surface area (Å²) in [6.45, 7) is 1.08. The molecule has 0 bridgehead atoms. The highest BCUT2D eigenvalue weighted by atomic mass is 32.1. The number of aliphatic carboxylic acids is 1. The number of carbonyl (C=O) groups is 2. The number of rotatable bonds is 3. The van der Waals surface area contributed by atoms with Crippen LogP contribution in [0, 0.1) is 0 Å². The molecule has 1 aliphatic heterocycles. The van der Waals surface area contributed by atoms with Gasteiger partial charge in [0, 0.05) is 18.5 Å². The highest BCUT2D eigenvalue weighted by Crippen LogP contribution is 2.12. The molecule has 1 fully saturated rings. The van der Waals surface area contributed by atoms with Gasteiger partial charge in [-0.05, 0) is 11.5 Å². The molecule has 1 N–H and O–H groups in total. The molecule has 1 atom stereocenters. The van der Waals surface area contributed by atoms with Crippen molar-refractivity contribution in [2.24, 2.45) is 0 Å². The summed E-state index contributed by atoms with van der Waals surface area (Å²) in [5.74, 6) is -1.16. The highest BCUT2D eigenvalue weighted by Gasteiger charge is 2.27. The van der Waals surface area contributed by atoms with Crippen molar-refractivity contribution < 1.29 is 19.4 Å². The molecule has 17 heavy (non-hydrogen) atoms. The number of aromatic nitrogens is 2. The van der Waals surface area contributed by atoms with E-state index in [2.05, 4.69) is 9.59 Å². The van der Waals surface area contributed by atoms with E-state index in [1.165, 1.54) is 0 Å². The average Bonchev–Trinajstić information content (AvgIpc) is 2.81. The molecular weight excluding hydrogens is 246 g/mol. The number of morpholine rings is 1. The Morgan fingerprint density at radius 1 is 1.65 bits per heavy atom. The zero-order valence-electron chi connectivity index (χ0n) is 8.90. The van der Waals surface area contributed by atoms with Gasteiger partial charge in [0.05, 0.1) is 19.1 Å². The first-order valence-electron chi connectivity index (χ1n) is 5.06. The number of hydrogen-bond acceptors (Lipinski definition) is 6. The first-order valence-corrected chi connectivity index (χ1v) is 5.90. The quantitative estimate of drug-likeness (QED) is 0.809. The Morgan fingerprint density at radius 3 is 3.12 bits per heavy atom. The van der Waals surface area contributed by atoms with Crippen molar-refractivity contribution in [3.05, 3.63) is 11.1 Å². The van der Waals surface area contributed by atoms with Crippen LogP contribution in [0.5, 0.6) is 0 Å². The maximum atomic E-state index is 11.9. The number of nitrogens with zero attached hydrogens (tertiary/aromatic N) is 3. The summed E-state index contributed by atoms with van der Waals surface area (Å²) in [4.78, 5) is 24.0. The predicted octanol–water partition coefficient (Wildman–Crippen LogP) is -0.146. The maximum absolute atomic E-state index is 11.9. The lowest BCUT2D eigenvalue weighted by molar-refractivity contribution is -0.141. The maximum Gasteiger partial charge on any atom is 0.306 e. The van der Waals surface area contributed by atoms with Crippen LogP contribution in [0.3, 0.4) is 0 Å². The Labute approximate surface area is 101 Å². The van der Waals surface area contributed by atoms with E-state index in [0.29, 0.717) is 18.8 Å². The van der Waals surface area contributed by atoms with Gasteiger partial charge in [-0.2, -0.15) is 0 Å². The van der Waals surface area contributed by atoms with E-state index in [1.807, 2.05) is 0 Å². The second-order valence-corrected chi connectivity index (χ2v) is 4.24. The molecule has 0 spiro atoms. The largest absolute Gasteiger partial charge is 0.481 e. The molecular formula is C9H11N3O4S. The second-order valence-electron chi connectivity index (χ2n) is 3.63. The third-order valence-electron chi connectivity index (χ3n) is 2.41. The molecule has 2 rings (SSSR count).